The smallest absolute Gasteiger partial charge is 0.271 e. The van der Waals surface area contributed by atoms with Gasteiger partial charge in [-0.2, -0.15) is 0 Å². The molecule has 4 nitrogen and oxygen atoms in total. The molecule has 1 aliphatic rings. The highest BCUT2D eigenvalue weighted by Gasteiger charge is 2.34. The molecule has 5 heteroatoms. The van der Waals surface area contributed by atoms with Crippen molar-refractivity contribution in [1.29, 1.82) is 0 Å². The number of rotatable bonds is 4. The van der Waals surface area contributed by atoms with Crippen LogP contribution in [0.5, 0.6) is 0 Å². The minimum absolute atomic E-state index is 0.0926. The zero-order chi connectivity index (χ0) is 18.5. The van der Waals surface area contributed by atoms with Crippen molar-refractivity contribution in [3.05, 3.63) is 102 Å². The first-order valence-electron chi connectivity index (χ1n) is 8.44. The highest BCUT2D eigenvalue weighted by atomic mass is 32.2. The van der Waals surface area contributed by atoms with E-state index in [0.29, 0.717) is 10.1 Å². The van der Waals surface area contributed by atoms with Gasteiger partial charge in [0.15, 0.2) is 5.17 Å². The number of hydrogen-bond donors (Lipinski definition) is 0. The molecular formula is C22H16N2O2S. The average Bonchev–Trinajstić information content (AvgIpc) is 3.32. The molecule has 1 saturated heterocycles. The van der Waals surface area contributed by atoms with Crippen molar-refractivity contribution in [1.82, 2.24) is 0 Å². The van der Waals surface area contributed by atoms with Crippen LogP contribution in [0.3, 0.4) is 0 Å². The number of allylic oxidation sites excluding steroid dienone is 2. The van der Waals surface area contributed by atoms with Gasteiger partial charge in [0.25, 0.3) is 5.91 Å². The van der Waals surface area contributed by atoms with Gasteiger partial charge in [0.1, 0.15) is 5.76 Å². The van der Waals surface area contributed by atoms with E-state index in [1.165, 1.54) is 11.8 Å². The maximum Gasteiger partial charge on any atom is 0.271 e. The number of benzene rings is 2. The SMILES string of the molecule is O=C1/C(=C\C=C\c2ccco2)SC(=Nc2ccccc2)N1c1ccccc1. The summed E-state index contributed by atoms with van der Waals surface area (Å²) in [6, 6.07) is 22.9. The summed E-state index contributed by atoms with van der Waals surface area (Å²) in [6.45, 7) is 0. The molecule has 2 aromatic carbocycles. The lowest BCUT2D eigenvalue weighted by Gasteiger charge is -2.15. The first-order chi connectivity index (χ1) is 13.3. The third-order valence-electron chi connectivity index (χ3n) is 3.85. The fraction of sp³-hybridized carbons (Fsp3) is 0. The molecule has 0 saturated carbocycles. The molecule has 27 heavy (non-hydrogen) atoms. The predicted octanol–water partition coefficient (Wildman–Crippen LogP) is 5.64. The summed E-state index contributed by atoms with van der Waals surface area (Å²) in [4.78, 5) is 19.9. The molecule has 0 atom stereocenters. The lowest BCUT2D eigenvalue weighted by molar-refractivity contribution is -0.113. The minimum atomic E-state index is -0.0926. The van der Waals surface area contributed by atoms with Crippen molar-refractivity contribution in [2.24, 2.45) is 4.99 Å². The number of carbonyl (C=O) groups excluding carboxylic acids is 1. The summed E-state index contributed by atoms with van der Waals surface area (Å²) in [5.41, 5.74) is 1.60. The zero-order valence-electron chi connectivity index (χ0n) is 14.4. The van der Waals surface area contributed by atoms with Crippen LogP contribution in [-0.2, 0) is 4.79 Å². The van der Waals surface area contributed by atoms with Crippen LogP contribution in [0.15, 0.2) is 106 Å². The number of nitrogens with zero attached hydrogens (tertiary/aromatic N) is 2. The number of amides is 1. The fourth-order valence-corrected chi connectivity index (χ4v) is 3.55. The Hall–Kier alpha value is -3.31. The van der Waals surface area contributed by atoms with Crippen LogP contribution < -0.4 is 4.90 Å². The Morgan fingerprint density at radius 1 is 0.926 bits per heavy atom. The van der Waals surface area contributed by atoms with Gasteiger partial charge in [-0.3, -0.25) is 9.69 Å². The van der Waals surface area contributed by atoms with E-state index in [1.807, 2.05) is 84.9 Å². The first kappa shape index (κ1) is 17.1. The highest BCUT2D eigenvalue weighted by molar-refractivity contribution is 8.19. The summed E-state index contributed by atoms with van der Waals surface area (Å²) in [6.07, 6.45) is 7.04. The van der Waals surface area contributed by atoms with Crippen LogP contribution >= 0.6 is 11.8 Å². The molecule has 0 unspecified atom stereocenters. The molecule has 0 radical (unpaired) electrons. The van der Waals surface area contributed by atoms with Gasteiger partial charge >= 0.3 is 0 Å². The molecule has 0 spiro atoms. The van der Waals surface area contributed by atoms with Crippen molar-refractivity contribution >= 4 is 40.3 Å². The van der Waals surface area contributed by atoms with E-state index in [0.717, 1.165) is 17.1 Å². The van der Waals surface area contributed by atoms with Crippen LogP contribution in [0, 0.1) is 0 Å². The summed E-state index contributed by atoms with van der Waals surface area (Å²) in [7, 11) is 0. The van der Waals surface area contributed by atoms with E-state index in [4.69, 9.17) is 4.42 Å². The van der Waals surface area contributed by atoms with Gasteiger partial charge in [0.2, 0.25) is 0 Å². The van der Waals surface area contributed by atoms with Crippen molar-refractivity contribution < 1.29 is 9.21 Å². The number of carbonyl (C=O) groups is 1. The summed E-state index contributed by atoms with van der Waals surface area (Å²) >= 11 is 1.36. The number of aliphatic imine (C=N–C) groups is 1. The van der Waals surface area contributed by atoms with Gasteiger partial charge in [0.05, 0.1) is 22.5 Å². The van der Waals surface area contributed by atoms with Gasteiger partial charge in [-0.05, 0) is 60.3 Å². The number of furan rings is 1. The standard InChI is InChI=1S/C22H16N2O2S/c25-21-20(15-7-13-19-14-8-16-26-19)27-22(23-17-9-3-1-4-10-17)24(21)18-11-5-2-6-12-18/h1-16H/b13-7+,20-15+,23-22?. The molecule has 132 valence electrons. The average molecular weight is 372 g/mol. The van der Waals surface area contributed by atoms with E-state index in [1.54, 1.807) is 17.2 Å². The minimum Gasteiger partial charge on any atom is -0.465 e. The molecule has 0 N–H and O–H groups in total. The molecule has 0 aliphatic carbocycles. The van der Waals surface area contributed by atoms with E-state index in [9.17, 15) is 4.79 Å². The van der Waals surface area contributed by atoms with Crippen molar-refractivity contribution in [3.8, 4) is 0 Å². The molecular weight excluding hydrogens is 356 g/mol. The quantitative estimate of drug-likeness (QED) is 0.556. The Kier molecular flexibility index (Phi) is 5.03. The molecule has 1 aromatic heterocycles. The third-order valence-corrected chi connectivity index (χ3v) is 4.84. The summed E-state index contributed by atoms with van der Waals surface area (Å²) in [5, 5.41) is 0.634. The number of para-hydroxylation sites is 2. The second-order valence-corrected chi connectivity index (χ2v) is 6.72. The van der Waals surface area contributed by atoms with Gasteiger partial charge < -0.3 is 4.42 Å². The molecule has 0 bridgehead atoms. The molecule has 1 amide bonds. The molecule has 4 rings (SSSR count). The Balaban J connectivity index is 1.68. The topological polar surface area (TPSA) is 45.8 Å². The van der Waals surface area contributed by atoms with Crippen LogP contribution in [-0.4, -0.2) is 11.1 Å². The Morgan fingerprint density at radius 2 is 1.67 bits per heavy atom. The Morgan fingerprint density at radius 3 is 2.37 bits per heavy atom. The Bertz CT molecular complexity index is 1010. The van der Waals surface area contributed by atoms with Crippen molar-refractivity contribution in [2.45, 2.75) is 0 Å². The molecule has 1 aliphatic heterocycles. The van der Waals surface area contributed by atoms with Crippen LogP contribution in [0.4, 0.5) is 11.4 Å². The third kappa shape index (κ3) is 3.93. The van der Waals surface area contributed by atoms with E-state index >= 15 is 0 Å². The monoisotopic (exact) mass is 372 g/mol. The second-order valence-electron chi connectivity index (χ2n) is 5.71. The number of hydrogen-bond acceptors (Lipinski definition) is 4. The van der Waals surface area contributed by atoms with Crippen LogP contribution in [0.1, 0.15) is 5.76 Å². The van der Waals surface area contributed by atoms with Gasteiger partial charge in [-0.15, -0.1) is 0 Å². The number of amidine groups is 1. The first-order valence-corrected chi connectivity index (χ1v) is 9.26. The number of thioether (sulfide) groups is 1. The number of anilines is 1. The largest absolute Gasteiger partial charge is 0.465 e. The molecule has 1 fully saturated rings. The van der Waals surface area contributed by atoms with Crippen molar-refractivity contribution in [2.75, 3.05) is 4.90 Å². The van der Waals surface area contributed by atoms with Gasteiger partial charge in [-0.1, -0.05) is 42.5 Å². The predicted molar refractivity (Wildman–Crippen MR) is 111 cm³/mol. The summed E-state index contributed by atoms with van der Waals surface area (Å²) in [5.74, 6) is 0.644. The molecule has 2 heterocycles. The maximum atomic E-state index is 13.0. The lowest BCUT2D eigenvalue weighted by Crippen LogP contribution is -2.28. The summed E-state index contributed by atoms with van der Waals surface area (Å²) < 4.78 is 5.27. The van der Waals surface area contributed by atoms with E-state index in [2.05, 4.69) is 4.99 Å². The fourth-order valence-electron chi connectivity index (χ4n) is 2.60. The van der Waals surface area contributed by atoms with Gasteiger partial charge in [-0.25, -0.2) is 4.99 Å². The van der Waals surface area contributed by atoms with Crippen LogP contribution in [0.25, 0.3) is 6.08 Å². The second kappa shape index (κ2) is 7.93. The lowest BCUT2D eigenvalue weighted by atomic mass is 10.3. The van der Waals surface area contributed by atoms with Gasteiger partial charge in [0, 0.05) is 0 Å². The van der Waals surface area contributed by atoms with Crippen molar-refractivity contribution in [3.63, 3.8) is 0 Å². The van der Waals surface area contributed by atoms with Crippen LogP contribution in [0.2, 0.25) is 0 Å². The zero-order valence-corrected chi connectivity index (χ0v) is 15.2. The van der Waals surface area contributed by atoms with E-state index in [-0.39, 0.29) is 5.91 Å². The highest BCUT2D eigenvalue weighted by Crippen LogP contribution is 2.36. The van der Waals surface area contributed by atoms with E-state index < -0.39 is 0 Å². The normalized spacial score (nSPS) is 17.5. The Labute approximate surface area is 161 Å². The maximum absolute atomic E-state index is 13.0. The molecule has 3 aromatic rings.